The van der Waals surface area contributed by atoms with Crippen LogP contribution in [0.3, 0.4) is 0 Å². The molecule has 1 aliphatic heterocycles. The SMILES string of the molecule is Cc1ccccc1NC(=O)CN1C[C@H]2CCC[C@@]2(c2nc(-c3cnccn3)no2)C1. The van der Waals surface area contributed by atoms with Crippen LogP contribution in [0.15, 0.2) is 47.4 Å². The van der Waals surface area contributed by atoms with Crippen molar-refractivity contribution in [1.29, 1.82) is 0 Å². The number of aromatic nitrogens is 4. The lowest BCUT2D eigenvalue weighted by atomic mass is 9.80. The molecule has 0 spiro atoms. The number of carbonyl (C=O) groups excluding carboxylic acids is 1. The first-order chi connectivity index (χ1) is 14.6. The van der Waals surface area contributed by atoms with Gasteiger partial charge in [0.2, 0.25) is 17.6 Å². The molecule has 1 aromatic carbocycles. The summed E-state index contributed by atoms with van der Waals surface area (Å²) in [4.78, 5) is 27.9. The van der Waals surface area contributed by atoms with Crippen molar-refractivity contribution in [3.8, 4) is 11.5 Å². The quantitative estimate of drug-likeness (QED) is 0.698. The van der Waals surface area contributed by atoms with Gasteiger partial charge in [-0.1, -0.05) is 29.8 Å². The third-order valence-electron chi connectivity index (χ3n) is 6.37. The third kappa shape index (κ3) is 3.37. The van der Waals surface area contributed by atoms with Crippen LogP contribution >= 0.6 is 0 Å². The molecule has 30 heavy (non-hydrogen) atoms. The Labute approximate surface area is 174 Å². The van der Waals surface area contributed by atoms with Gasteiger partial charge in [0.25, 0.3) is 0 Å². The van der Waals surface area contributed by atoms with Crippen molar-refractivity contribution in [2.24, 2.45) is 5.92 Å². The molecule has 1 saturated heterocycles. The Hall–Kier alpha value is -3.13. The Balaban J connectivity index is 1.31. The highest BCUT2D eigenvalue weighted by atomic mass is 16.5. The number of carbonyl (C=O) groups is 1. The van der Waals surface area contributed by atoms with Crippen LogP contribution < -0.4 is 5.32 Å². The molecule has 8 nitrogen and oxygen atoms in total. The fraction of sp³-hybridized carbons (Fsp3) is 0.409. The van der Waals surface area contributed by atoms with E-state index in [1.54, 1.807) is 18.6 Å². The summed E-state index contributed by atoms with van der Waals surface area (Å²) in [5, 5.41) is 7.18. The summed E-state index contributed by atoms with van der Waals surface area (Å²) >= 11 is 0. The van der Waals surface area contributed by atoms with Crippen LogP contribution in [-0.2, 0) is 10.2 Å². The van der Waals surface area contributed by atoms with Crippen molar-refractivity contribution in [3.63, 3.8) is 0 Å². The average molecular weight is 404 g/mol. The number of para-hydroxylation sites is 1. The molecule has 1 aliphatic carbocycles. The van der Waals surface area contributed by atoms with Gasteiger partial charge in [0.05, 0.1) is 18.2 Å². The minimum Gasteiger partial charge on any atom is -0.338 e. The van der Waals surface area contributed by atoms with Crippen LogP contribution in [0.25, 0.3) is 11.5 Å². The molecule has 1 N–H and O–H groups in total. The summed E-state index contributed by atoms with van der Waals surface area (Å²) in [5.41, 5.74) is 2.34. The molecular weight excluding hydrogens is 380 g/mol. The lowest BCUT2D eigenvalue weighted by Gasteiger charge is -2.24. The molecule has 154 valence electrons. The van der Waals surface area contributed by atoms with E-state index >= 15 is 0 Å². The van der Waals surface area contributed by atoms with Gasteiger partial charge in [-0.2, -0.15) is 4.98 Å². The van der Waals surface area contributed by atoms with Crippen molar-refractivity contribution < 1.29 is 9.32 Å². The standard InChI is InChI=1S/C22H24N6O2/c1-15-5-2-3-7-17(15)25-19(29)13-28-12-16-6-4-8-22(16,14-28)21-26-20(27-30-21)18-11-23-9-10-24-18/h2-3,5,7,9-11,16H,4,6,8,12-14H2,1H3,(H,25,29)/t16-,22-/m1/s1. The van der Waals surface area contributed by atoms with Crippen LogP contribution in [-0.4, -0.2) is 50.5 Å². The highest BCUT2D eigenvalue weighted by Crippen LogP contribution is 2.50. The smallest absolute Gasteiger partial charge is 0.238 e. The molecule has 3 heterocycles. The van der Waals surface area contributed by atoms with Crippen molar-refractivity contribution in [2.45, 2.75) is 31.6 Å². The summed E-state index contributed by atoms with van der Waals surface area (Å²) in [6.45, 7) is 3.97. The predicted molar refractivity (Wildman–Crippen MR) is 111 cm³/mol. The summed E-state index contributed by atoms with van der Waals surface area (Å²) in [6.07, 6.45) is 8.11. The van der Waals surface area contributed by atoms with Crippen LogP contribution in [0.1, 0.15) is 30.7 Å². The van der Waals surface area contributed by atoms with E-state index in [0.29, 0.717) is 29.9 Å². The lowest BCUT2D eigenvalue weighted by molar-refractivity contribution is -0.117. The van der Waals surface area contributed by atoms with Crippen LogP contribution in [0.4, 0.5) is 5.69 Å². The zero-order valence-electron chi connectivity index (χ0n) is 16.9. The summed E-state index contributed by atoms with van der Waals surface area (Å²) in [7, 11) is 0. The molecule has 1 amide bonds. The molecule has 8 heteroatoms. The van der Waals surface area contributed by atoms with E-state index in [-0.39, 0.29) is 11.3 Å². The molecule has 3 aromatic rings. The molecule has 0 unspecified atom stereocenters. The number of hydrogen-bond donors (Lipinski definition) is 1. The summed E-state index contributed by atoms with van der Waals surface area (Å²) < 4.78 is 5.72. The van der Waals surface area contributed by atoms with Crippen LogP contribution in [0.2, 0.25) is 0 Å². The number of aryl methyl sites for hydroxylation is 1. The van der Waals surface area contributed by atoms with Crippen molar-refractivity contribution >= 4 is 11.6 Å². The number of nitrogens with zero attached hydrogens (tertiary/aromatic N) is 5. The van der Waals surface area contributed by atoms with E-state index in [0.717, 1.165) is 43.6 Å². The van der Waals surface area contributed by atoms with E-state index in [1.165, 1.54) is 0 Å². The number of likely N-dealkylation sites (tertiary alicyclic amines) is 1. The first kappa shape index (κ1) is 18.9. The maximum Gasteiger partial charge on any atom is 0.238 e. The molecule has 2 aromatic heterocycles. The number of benzene rings is 1. The fourth-order valence-corrected chi connectivity index (χ4v) is 4.91. The Kier molecular flexibility index (Phi) is 4.78. The van der Waals surface area contributed by atoms with Gasteiger partial charge in [-0.05, 0) is 37.3 Å². The maximum absolute atomic E-state index is 12.7. The maximum atomic E-state index is 12.7. The molecule has 0 radical (unpaired) electrons. The predicted octanol–water partition coefficient (Wildman–Crippen LogP) is 2.83. The minimum atomic E-state index is -0.184. The van der Waals surface area contributed by atoms with Crippen molar-refractivity contribution in [1.82, 2.24) is 25.0 Å². The number of nitrogens with one attached hydrogen (secondary N) is 1. The second kappa shape index (κ2) is 7.60. The van der Waals surface area contributed by atoms with E-state index < -0.39 is 0 Å². The Morgan fingerprint density at radius 3 is 3.07 bits per heavy atom. The second-order valence-corrected chi connectivity index (χ2v) is 8.29. The molecule has 2 aliphatic rings. The van der Waals surface area contributed by atoms with Gasteiger partial charge in [-0.3, -0.25) is 14.7 Å². The van der Waals surface area contributed by atoms with Crippen LogP contribution in [0, 0.1) is 12.8 Å². The monoisotopic (exact) mass is 404 g/mol. The second-order valence-electron chi connectivity index (χ2n) is 8.29. The van der Waals surface area contributed by atoms with Gasteiger partial charge < -0.3 is 9.84 Å². The van der Waals surface area contributed by atoms with Gasteiger partial charge in [0.15, 0.2) is 0 Å². The van der Waals surface area contributed by atoms with Crippen LogP contribution in [0.5, 0.6) is 0 Å². The number of anilines is 1. The molecule has 2 fully saturated rings. The number of fused-ring (bicyclic) bond motifs is 1. The fourth-order valence-electron chi connectivity index (χ4n) is 4.91. The molecule has 2 atom stereocenters. The average Bonchev–Trinajstić information content (AvgIpc) is 3.45. The highest BCUT2D eigenvalue weighted by Gasteiger charge is 2.54. The number of amides is 1. The van der Waals surface area contributed by atoms with Gasteiger partial charge >= 0.3 is 0 Å². The molecule has 5 rings (SSSR count). The third-order valence-corrected chi connectivity index (χ3v) is 6.37. The summed E-state index contributed by atoms with van der Waals surface area (Å²) in [5.74, 6) is 1.55. The van der Waals surface area contributed by atoms with E-state index in [1.807, 2.05) is 31.2 Å². The Morgan fingerprint density at radius 1 is 1.33 bits per heavy atom. The highest BCUT2D eigenvalue weighted by molar-refractivity contribution is 5.93. The van der Waals surface area contributed by atoms with Crippen molar-refractivity contribution in [2.75, 3.05) is 25.0 Å². The van der Waals surface area contributed by atoms with E-state index in [2.05, 4.69) is 30.3 Å². The largest absolute Gasteiger partial charge is 0.338 e. The zero-order valence-corrected chi connectivity index (χ0v) is 16.9. The van der Waals surface area contributed by atoms with E-state index in [4.69, 9.17) is 4.52 Å². The first-order valence-electron chi connectivity index (χ1n) is 10.3. The lowest BCUT2D eigenvalue weighted by Crippen LogP contribution is -2.35. The van der Waals surface area contributed by atoms with Gasteiger partial charge in [-0.15, -0.1) is 0 Å². The Bertz CT molecular complexity index is 1050. The number of hydrogen-bond acceptors (Lipinski definition) is 7. The molecule has 0 bridgehead atoms. The molecular formula is C22H24N6O2. The summed E-state index contributed by atoms with van der Waals surface area (Å²) in [6, 6.07) is 7.83. The normalized spacial score (nSPS) is 23.4. The zero-order chi connectivity index (χ0) is 20.6. The minimum absolute atomic E-state index is 0.00482. The van der Waals surface area contributed by atoms with Gasteiger partial charge in [-0.25, -0.2) is 4.98 Å². The first-order valence-corrected chi connectivity index (χ1v) is 10.3. The van der Waals surface area contributed by atoms with Gasteiger partial charge in [0, 0.05) is 31.2 Å². The molecule has 1 saturated carbocycles. The topological polar surface area (TPSA) is 97.0 Å². The van der Waals surface area contributed by atoms with Gasteiger partial charge in [0.1, 0.15) is 5.69 Å². The number of rotatable bonds is 5. The Morgan fingerprint density at radius 2 is 2.23 bits per heavy atom. The van der Waals surface area contributed by atoms with E-state index in [9.17, 15) is 4.79 Å². The van der Waals surface area contributed by atoms with Crippen molar-refractivity contribution in [3.05, 3.63) is 54.3 Å².